The maximum Gasteiger partial charge on any atom is 0.244 e. The third kappa shape index (κ3) is 3.19. The molecular weight excluding hydrogens is 324 g/mol. The molecule has 0 aliphatic rings. The molecule has 0 saturated carbocycles. The quantitative estimate of drug-likeness (QED) is 0.704. The predicted octanol–water partition coefficient (Wildman–Crippen LogP) is 4.31. The number of aldehydes is 1. The molecule has 1 N–H and O–H groups in total. The van der Waals surface area contributed by atoms with E-state index in [1.807, 2.05) is 22.8 Å². The summed E-state index contributed by atoms with van der Waals surface area (Å²) in [6.07, 6.45) is 3.39. The first-order valence-corrected chi connectivity index (χ1v) is 8.11. The Morgan fingerprint density at radius 1 is 1.21 bits per heavy atom. The Balaban J connectivity index is 1.90. The van der Waals surface area contributed by atoms with E-state index in [0.717, 1.165) is 29.2 Å². The molecule has 3 rings (SSSR count). The van der Waals surface area contributed by atoms with E-state index in [2.05, 4.69) is 12.2 Å². The van der Waals surface area contributed by atoms with Crippen LogP contribution >= 0.6 is 11.6 Å². The molecule has 0 saturated heterocycles. The number of nitrogens with zero attached hydrogens (tertiary/aromatic N) is 1. The van der Waals surface area contributed by atoms with E-state index in [9.17, 15) is 9.59 Å². The average Bonchev–Trinajstić information content (AvgIpc) is 2.94. The van der Waals surface area contributed by atoms with Crippen LogP contribution in [0.5, 0.6) is 0 Å². The van der Waals surface area contributed by atoms with Gasteiger partial charge in [-0.05, 0) is 36.2 Å². The summed E-state index contributed by atoms with van der Waals surface area (Å²) < 4.78 is 1.84. The minimum absolute atomic E-state index is 0.143. The Bertz CT molecular complexity index is 898. The summed E-state index contributed by atoms with van der Waals surface area (Å²) >= 11 is 5.85. The molecule has 1 amide bonds. The number of halogens is 1. The number of fused-ring (bicyclic) bond motifs is 1. The lowest BCUT2D eigenvalue weighted by Gasteiger charge is -2.09. The highest BCUT2D eigenvalue weighted by atomic mass is 35.5. The van der Waals surface area contributed by atoms with Crippen molar-refractivity contribution < 1.29 is 9.59 Å². The molecule has 1 heterocycles. The van der Waals surface area contributed by atoms with Crippen molar-refractivity contribution in [2.24, 2.45) is 0 Å². The first-order chi connectivity index (χ1) is 11.6. The number of benzene rings is 2. The lowest BCUT2D eigenvalue weighted by atomic mass is 10.1. The van der Waals surface area contributed by atoms with Crippen LogP contribution in [0.1, 0.15) is 22.8 Å². The molecule has 0 aliphatic heterocycles. The van der Waals surface area contributed by atoms with Crippen molar-refractivity contribution in [3.8, 4) is 0 Å². The van der Waals surface area contributed by atoms with Crippen molar-refractivity contribution in [3.63, 3.8) is 0 Å². The number of nitrogens with one attached hydrogen (secondary N) is 1. The average molecular weight is 341 g/mol. The molecule has 122 valence electrons. The minimum Gasteiger partial charge on any atom is -0.337 e. The maximum atomic E-state index is 12.4. The van der Waals surface area contributed by atoms with Crippen molar-refractivity contribution in [1.29, 1.82) is 0 Å². The molecule has 5 heteroatoms. The minimum atomic E-state index is -0.155. The Morgan fingerprint density at radius 2 is 1.96 bits per heavy atom. The summed E-state index contributed by atoms with van der Waals surface area (Å²) in [5, 5.41) is 4.34. The van der Waals surface area contributed by atoms with Gasteiger partial charge in [-0.15, -0.1) is 0 Å². The van der Waals surface area contributed by atoms with Crippen LogP contribution in [-0.4, -0.2) is 16.8 Å². The molecule has 0 atom stereocenters. The first kappa shape index (κ1) is 16.3. The van der Waals surface area contributed by atoms with Crippen molar-refractivity contribution in [2.45, 2.75) is 19.9 Å². The second-order valence-electron chi connectivity index (χ2n) is 5.55. The second kappa shape index (κ2) is 6.89. The zero-order valence-corrected chi connectivity index (χ0v) is 14.0. The number of aryl methyl sites for hydroxylation is 1. The predicted molar refractivity (Wildman–Crippen MR) is 96.8 cm³/mol. The zero-order valence-electron chi connectivity index (χ0n) is 13.3. The van der Waals surface area contributed by atoms with E-state index >= 15 is 0 Å². The SMILES string of the molecule is CCc1cccc2c(C=O)cn(CC(=O)Nc3ccc(Cl)cc3)c12. The van der Waals surface area contributed by atoms with Crippen molar-refractivity contribution in [3.05, 3.63) is 64.8 Å². The second-order valence-corrected chi connectivity index (χ2v) is 5.99. The number of hydrogen-bond donors (Lipinski definition) is 1. The van der Waals surface area contributed by atoms with Gasteiger partial charge in [-0.1, -0.05) is 36.7 Å². The van der Waals surface area contributed by atoms with E-state index in [4.69, 9.17) is 11.6 Å². The third-order valence-electron chi connectivity index (χ3n) is 3.96. The number of hydrogen-bond acceptors (Lipinski definition) is 2. The molecule has 3 aromatic rings. The van der Waals surface area contributed by atoms with Gasteiger partial charge in [-0.25, -0.2) is 0 Å². The van der Waals surface area contributed by atoms with Crippen LogP contribution in [0.2, 0.25) is 5.02 Å². The van der Waals surface area contributed by atoms with E-state index in [0.29, 0.717) is 16.3 Å². The van der Waals surface area contributed by atoms with E-state index < -0.39 is 0 Å². The molecule has 2 aromatic carbocycles. The van der Waals surface area contributed by atoms with E-state index in [1.54, 1.807) is 30.5 Å². The van der Waals surface area contributed by atoms with E-state index in [-0.39, 0.29) is 12.5 Å². The van der Waals surface area contributed by atoms with E-state index in [1.165, 1.54) is 0 Å². The lowest BCUT2D eigenvalue weighted by molar-refractivity contribution is -0.116. The highest BCUT2D eigenvalue weighted by Crippen LogP contribution is 2.24. The van der Waals surface area contributed by atoms with Gasteiger partial charge in [-0.3, -0.25) is 9.59 Å². The van der Waals surface area contributed by atoms with Gasteiger partial charge in [0.05, 0.1) is 5.52 Å². The Morgan fingerprint density at radius 3 is 2.62 bits per heavy atom. The van der Waals surface area contributed by atoms with Crippen LogP contribution in [0, 0.1) is 0 Å². The summed E-state index contributed by atoms with van der Waals surface area (Å²) in [6, 6.07) is 12.8. The summed E-state index contributed by atoms with van der Waals surface area (Å²) in [7, 11) is 0. The number of para-hydroxylation sites is 1. The molecule has 24 heavy (non-hydrogen) atoms. The standard InChI is InChI=1S/C19H17ClN2O2/c1-2-13-4-3-5-17-14(12-23)10-22(19(13)17)11-18(24)21-16-8-6-15(20)7-9-16/h3-10,12H,2,11H2,1H3,(H,21,24). The van der Waals surface area contributed by atoms with Crippen LogP contribution in [0.25, 0.3) is 10.9 Å². The summed E-state index contributed by atoms with van der Waals surface area (Å²) in [4.78, 5) is 23.7. The fourth-order valence-electron chi connectivity index (χ4n) is 2.86. The largest absolute Gasteiger partial charge is 0.337 e. The van der Waals surface area contributed by atoms with Gasteiger partial charge >= 0.3 is 0 Å². The molecule has 0 unspecified atom stereocenters. The highest BCUT2D eigenvalue weighted by Gasteiger charge is 2.13. The molecule has 0 radical (unpaired) electrons. The van der Waals surface area contributed by atoms with Gasteiger partial charge in [0.2, 0.25) is 5.91 Å². The highest BCUT2D eigenvalue weighted by molar-refractivity contribution is 6.30. The van der Waals surface area contributed by atoms with Gasteiger partial charge in [0.25, 0.3) is 0 Å². The Hall–Kier alpha value is -2.59. The van der Waals surface area contributed by atoms with Gasteiger partial charge in [-0.2, -0.15) is 0 Å². The Labute approximate surface area is 145 Å². The zero-order chi connectivity index (χ0) is 17.1. The van der Waals surface area contributed by atoms with Crippen LogP contribution in [-0.2, 0) is 17.8 Å². The number of rotatable bonds is 5. The van der Waals surface area contributed by atoms with Gasteiger partial charge in [0.15, 0.2) is 6.29 Å². The normalized spacial score (nSPS) is 10.8. The summed E-state index contributed by atoms with van der Waals surface area (Å²) in [5.74, 6) is -0.155. The topological polar surface area (TPSA) is 51.1 Å². The smallest absolute Gasteiger partial charge is 0.244 e. The van der Waals surface area contributed by atoms with Crippen LogP contribution < -0.4 is 5.32 Å². The van der Waals surface area contributed by atoms with Crippen LogP contribution in [0.4, 0.5) is 5.69 Å². The van der Waals surface area contributed by atoms with Crippen molar-refractivity contribution >= 4 is 40.4 Å². The van der Waals surface area contributed by atoms with Gasteiger partial charge in [0, 0.05) is 27.9 Å². The monoisotopic (exact) mass is 340 g/mol. The fraction of sp³-hybridized carbons (Fsp3) is 0.158. The number of aromatic nitrogens is 1. The molecule has 0 bridgehead atoms. The molecule has 0 fully saturated rings. The third-order valence-corrected chi connectivity index (χ3v) is 4.21. The lowest BCUT2D eigenvalue weighted by Crippen LogP contribution is -2.18. The number of carbonyl (C=O) groups is 2. The van der Waals surface area contributed by atoms with Gasteiger partial charge in [0.1, 0.15) is 6.54 Å². The first-order valence-electron chi connectivity index (χ1n) is 7.73. The van der Waals surface area contributed by atoms with Crippen molar-refractivity contribution in [1.82, 2.24) is 4.57 Å². The fourth-order valence-corrected chi connectivity index (χ4v) is 2.98. The van der Waals surface area contributed by atoms with Crippen molar-refractivity contribution in [2.75, 3.05) is 5.32 Å². The molecular formula is C19H17ClN2O2. The molecule has 1 aromatic heterocycles. The maximum absolute atomic E-state index is 12.4. The molecule has 0 spiro atoms. The summed E-state index contributed by atoms with van der Waals surface area (Å²) in [6.45, 7) is 2.20. The molecule has 0 aliphatic carbocycles. The summed E-state index contributed by atoms with van der Waals surface area (Å²) in [5.41, 5.74) is 3.33. The number of carbonyl (C=O) groups excluding carboxylic acids is 2. The van der Waals surface area contributed by atoms with Gasteiger partial charge < -0.3 is 9.88 Å². The van der Waals surface area contributed by atoms with Crippen LogP contribution in [0.3, 0.4) is 0 Å². The Kier molecular flexibility index (Phi) is 4.67. The number of amides is 1. The van der Waals surface area contributed by atoms with Crippen LogP contribution in [0.15, 0.2) is 48.7 Å². The molecule has 4 nitrogen and oxygen atoms in total. The number of anilines is 1.